The number of nitrogens with zero attached hydrogens (tertiary/aromatic N) is 1. The van der Waals surface area contributed by atoms with Crippen LogP contribution >= 0.6 is 0 Å². The standard InChI is InChI=1S/C20H31N3O2/c1-15-4-6-18(7-5-15)19(23-12-9-16(2)10-13-23)14-22-20(25)8-11-21-17(3)24/h4-7,16,19H,8-14H2,1-3H3,(H,21,24)(H,22,25). The lowest BCUT2D eigenvalue weighted by molar-refractivity contribution is -0.121. The third-order valence-electron chi connectivity index (χ3n) is 4.94. The van der Waals surface area contributed by atoms with E-state index in [2.05, 4.69) is 53.6 Å². The summed E-state index contributed by atoms with van der Waals surface area (Å²) in [5.41, 5.74) is 2.50. The summed E-state index contributed by atoms with van der Waals surface area (Å²) >= 11 is 0. The van der Waals surface area contributed by atoms with Crippen LogP contribution < -0.4 is 10.6 Å². The van der Waals surface area contributed by atoms with Crippen LogP contribution in [0.25, 0.3) is 0 Å². The van der Waals surface area contributed by atoms with Gasteiger partial charge in [0.15, 0.2) is 0 Å². The molecule has 5 nitrogen and oxygen atoms in total. The number of benzene rings is 1. The molecule has 1 atom stereocenters. The Bertz CT molecular complexity index is 563. The Morgan fingerprint density at radius 2 is 1.80 bits per heavy atom. The van der Waals surface area contributed by atoms with Crippen molar-refractivity contribution >= 4 is 11.8 Å². The second kappa shape index (κ2) is 9.56. The van der Waals surface area contributed by atoms with Gasteiger partial charge in [0, 0.05) is 26.4 Å². The average Bonchev–Trinajstić information content (AvgIpc) is 2.57. The minimum atomic E-state index is -0.104. The lowest BCUT2D eigenvalue weighted by Gasteiger charge is -2.37. The van der Waals surface area contributed by atoms with Crippen LogP contribution in [0.1, 0.15) is 50.3 Å². The van der Waals surface area contributed by atoms with Crippen LogP contribution in [-0.2, 0) is 9.59 Å². The number of amides is 2. The number of hydrogen-bond donors (Lipinski definition) is 2. The molecule has 1 aliphatic rings. The summed E-state index contributed by atoms with van der Waals surface area (Å²) in [6.07, 6.45) is 2.73. The molecular weight excluding hydrogens is 314 g/mol. The number of carbonyl (C=O) groups is 2. The zero-order chi connectivity index (χ0) is 18.2. The molecule has 0 aliphatic carbocycles. The van der Waals surface area contributed by atoms with E-state index in [0.29, 0.717) is 19.5 Å². The summed E-state index contributed by atoms with van der Waals surface area (Å²) in [6, 6.07) is 8.81. The smallest absolute Gasteiger partial charge is 0.221 e. The molecule has 5 heteroatoms. The van der Waals surface area contributed by atoms with Crippen molar-refractivity contribution in [2.45, 2.75) is 46.1 Å². The van der Waals surface area contributed by atoms with Gasteiger partial charge >= 0.3 is 0 Å². The highest BCUT2D eigenvalue weighted by Crippen LogP contribution is 2.26. The fourth-order valence-corrected chi connectivity index (χ4v) is 3.24. The van der Waals surface area contributed by atoms with Gasteiger partial charge in [-0.2, -0.15) is 0 Å². The maximum atomic E-state index is 12.1. The van der Waals surface area contributed by atoms with Gasteiger partial charge in [0.25, 0.3) is 0 Å². The number of likely N-dealkylation sites (tertiary alicyclic amines) is 1. The van der Waals surface area contributed by atoms with Crippen molar-refractivity contribution in [2.75, 3.05) is 26.2 Å². The second-order valence-corrected chi connectivity index (χ2v) is 7.18. The fraction of sp³-hybridized carbons (Fsp3) is 0.600. The number of carbonyl (C=O) groups excluding carboxylic acids is 2. The molecule has 0 bridgehead atoms. The average molecular weight is 345 g/mol. The zero-order valence-corrected chi connectivity index (χ0v) is 15.7. The third kappa shape index (κ3) is 6.50. The lowest BCUT2D eigenvalue weighted by atomic mass is 9.95. The maximum absolute atomic E-state index is 12.1. The first kappa shape index (κ1) is 19.4. The largest absolute Gasteiger partial charge is 0.356 e. The van der Waals surface area contributed by atoms with Crippen molar-refractivity contribution in [3.05, 3.63) is 35.4 Å². The van der Waals surface area contributed by atoms with Gasteiger partial charge in [-0.15, -0.1) is 0 Å². The van der Waals surface area contributed by atoms with E-state index in [0.717, 1.165) is 19.0 Å². The predicted molar refractivity (Wildman–Crippen MR) is 100 cm³/mol. The molecule has 2 rings (SSSR count). The SMILES string of the molecule is CC(=O)NCCC(=O)NCC(c1ccc(C)cc1)N1CCC(C)CC1. The van der Waals surface area contributed by atoms with Gasteiger partial charge in [0.1, 0.15) is 0 Å². The zero-order valence-electron chi connectivity index (χ0n) is 15.7. The molecule has 1 aromatic rings. The Morgan fingerprint density at radius 3 is 2.40 bits per heavy atom. The van der Waals surface area contributed by atoms with Crippen LogP contribution in [0, 0.1) is 12.8 Å². The van der Waals surface area contributed by atoms with Crippen molar-refractivity contribution in [2.24, 2.45) is 5.92 Å². The topological polar surface area (TPSA) is 61.4 Å². The monoisotopic (exact) mass is 345 g/mol. The molecule has 0 aromatic heterocycles. The van der Waals surface area contributed by atoms with Gasteiger partial charge < -0.3 is 10.6 Å². The van der Waals surface area contributed by atoms with Gasteiger partial charge in [0.2, 0.25) is 11.8 Å². The van der Waals surface area contributed by atoms with E-state index in [1.807, 2.05) is 0 Å². The summed E-state index contributed by atoms with van der Waals surface area (Å²) in [4.78, 5) is 25.4. The van der Waals surface area contributed by atoms with Crippen molar-refractivity contribution in [1.82, 2.24) is 15.5 Å². The van der Waals surface area contributed by atoms with Crippen molar-refractivity contribution in [1.29, 1.82) is 0 Å². The normalized spacial score (nSPS) is 17.1. The maximum Gasteiger partial charge on any atom is 0.221 e. The van der Waals surface area contributed by atoms with Crippen LogP contribution in [0.2, 0.25) is 0 Å². The first-order valence-corrected chi connectivity index (χ1v) is 9.27. The molecule has 1 aliphatic heterocycles. The molecule has 25 heavy (non-hydrogen) atoms. The number of aryl methyl sites for hydroxylation is 1. The second-order valence-electron chi connectivity index (χ2n) is 7.18. The highest BCUT2D eigenvalue weighted by atomic mass is 16.2. The van der Waals surface area contributed by atoms with Crippen molar-refractivity contribution in [3.63, 3.8) is 0 Å². The molecule has 1 unspecified atom stereocenters. The molecule has 1 fully saturated rings. The van der Waals surface area contributed by atoms with Gasteiger partial charge in [-0.1, -0.05) is 36.8 Å². The van der Waals surface area contributed by atoms with Crippen LogP contribution in [0.15, 0.2) is 24.3 Å². The molecule has 138 valence electrons. The van der Waals surface area contributed by atoms with E-state index in [1.54, 1.807) is 0 Å². The molecule has 0 spiro atoms. The van der Waals surface area contributed by atoms with Crippen molar-refractivity contribution < 1.29 is 9.59 Å². The van der Waals surface area contributed by atoms with Gasteiger partial charge in [-0.3, -0.25) is 14.5 Å². The first-order chi connectivity index (χ1) is 12.0. The van der Waals surface area contributed by atoms with Crippen molar-refractivity contribution in [3.8, 4) is 0 Å². The van der Waals surface area contributed by atoms with E-state index in [-0.39, 0.29) is 17.9 Å². The summed E-state index contributed by atoms with van der Waals surface area (Å²) in [5.74, 6) is 0.658. The number of nitrogens with one attached hydrogen (secondary N) is 2. The third-order valence-corrected chi connectivity index (χ3v) is 4.94. The number of rotatable bonds is 7. The Balaban J connectivity index is 1.95. The highest BCUT2D eigenvalue weighted by molar-refractivity contribution is 5.77. The Hall–Kier alpha value is -1.88. The molecule has 0 saturated carbocycles. The molecule has 1 saturated heterocycles. The van der Waals surface area contributed by atoms with Gasteiger partial charge in [-0.05, 0) is 44.3 Å². The molecule has 1 aromatic carbocycles. The number of hydrogen-bond acceptors (Lipinski definition) is 3. The molecule has 0 radical (unpaired) electrons. The van der Waals surface area contributed by atoms with Crippen LogP contribution in [0.5, 0.6) is 0 Å². The highest BCUT2D eigenvalue weighted by Gasteiger charge is 2.25. The van der Waals surface area contributed by atoms with Gasteiger partial charge in [-0.25, -0.2) is 0 Å². The molecule has 2 N–H and O–H groups in total. The van der Waals surface area contributed by atoms with E-state index < -0.39 is 0 Å². The molecular formula is C20H31N3O2. The quantitative estimate of drug-likeness (QED) is 0.798. The van der Waals surface area contributed by atoms with Crippen LogP contribution in [0.4, 0.5) is 0 Å². The lowest BCUT2D eigenvalue weighted by Crippen LogP contribution is -2.42. The summed E-state index contributed by atoms with van der Waals surface area (Å²) < 4.78 is 0. The minimum absolute atomic E-state index is 0.0174. The first-order valence-electron chi connectivity index (χ1n) is 9.27. The summed E-state index contributed by atoms with van der Waals surface area (Å²) in [6.45, 7) is 8.99. The predicted octanol–water partition coefficient (Wildman–Crippen LogP) is 2.41. The molecule has 2 amide bonds. The van der Waals surface area contributed by atoms with E-state index in [4.69, 9.17) is 0 Å². The van der Waals surface area contributed by atoms with E-state index >= 15 is 0 Å². The minimum Gasteiger partial charge on any atom is -0.356 e. The summed E-state index contributed by atoms with van der Waals surface area (Å²) in [7, 11) is 0. The van der Waals surface area contributed by atoms with E-state index in [1.165, 1.54) is 30.9 Å². The van der Waals surface area contributed by atoms with Gasteiger partial charge in [0.05, 0.1) is 6.04 Å². The summed E-state index contributed by atoms with van der Waals surface area (Å²) in [5, 5.41) is 5.71. The van der Waals surface area contributed by atoms with Crippen LogP contribution in [-0.4, -0.2) is 42.9 Å². The Kier molecular flexibility index (Phi) is 7.44. The molecule has 1 heterocycles. The fourth-order valence-electron chi connectivity index (χ4n) is 3.24. The Labute approximate surface area is 151 Å². The number of piperidine rings is 1. The Morgan fingerprint density at radius 1 is 1.16 bits per heavy atom. The van der Waals surface area contributed by atoms with E-state index in [9.17, 15) is 9.59 Å². The van der Waals surface area contributed by atoms with Crippen LogP contribution in [0.3, 0.4) is 0 Å².